The number of nitrogens with one attached hydrogen (secondary N) is 1. The molecule has 0 saturated heterocycles. The fourth-order valence-corrected chi connectivity index (χ4v) is 1.04. The summed E-state index contributed by atoms with van der Waals surface area (Å²) in [6.07, 6.45) is 0.182. The molecule has 0 aromatic carbocycles. The summed E-state index contributed by atoms with van der Waals surface area (Å²) in [7, 11) is 0. The third-order valence-electron chi connectivity index (χ3n) is 1.70. The van der Waals surface area contributed by atoms with Crippen molar-refractivity contribution in [3.05, 3.63) is 17.5 Å². The van der Waals surface area contributed by atoms with Gasteiger partial charge in [0.05, 0.1) is 18.7 Å². The van der Waals surface area contributed by atoms with Crippen molar-refractivity contribution in [1.82, 2.24) is 10.5 Å². The molecule has 0 saturated carbocycles. The number of aliphatic hydroxyl groups excluding tert-OH is 1. The van der Waals surface area contributed by atoms with E-state index >= 15 is 0 Å². The second-order valence-corrected chi connectivity index (χ2v) is 3.26. The van der Waals surface area contributed by atoms with Gasteiger partial charge in [-0.2, -0.15) is 0 Å². The molecule has 1 heterocycles. The molecule has 1 atom stereocenters. The third kappa shape index (κ3) is 3.18. The van der Waals surface area contributed by atoms with Crippen LogP contribution in [0.3, 0.4) is 0 Å². The number of rotatable bonds is 4. The first-order valence-electron chi connectivity index (χ1n) is 4.44. The molecule has 1 aromatic heterocycles. The topological polar surface area (TPSA) is 75.4 Å². The van der Waals surface area contributed by atoms with Crippen LogP contribution in [0.25, 0.3) is 0 Å². The van der Waals surface area contributed by atoms with Gasteiger partial charge in [-0.05, 0) is 13.8 Å². The summed E-state index contributed by atoms with van der Waals surface area (Å²) in [6, 6.07) is 1.49. The smallest absolute Gasteiger partial charge is 0.226 e. The predicted molar refractivity (Wildman–Crippen MR) is 49.6 cm³/mol. The molecule has 14 heavy (non-hydrogen) atoms. The van der Waals surface area contributed by atoms with Gasteiger partial charge in [0, 0.05) is 12.1 Å². The summed E-state index contributed by atoms with van der Waals surface area (Å²) in [5, 5.41) is 15.0. The molecule has 5 heteroatoms. The van der Waals surface area contributed by atoms with Crippen LogP contribution in [0.1, 0.15) is 18.4 Å². The fraction of sp³-hybridized carbons (Fsp3) is 0.556. The van der Waals surface area contributed by atoms with E-state index in [0.717, 1.165) is 0 Å². The van der Waals surface area contributed by atoms with Crippen molar-refractivity contribution in [1.29, 1.82) is 0 Å². The zero-order valence-electron chi connectivity index (χ0n) is 8.28. The average Bonchev–Trinajstić information content (AvgIpc) is 2.50. The summed E-state index contributed by atoms with van der Waals surface area (Å²) in [6.45, 7) is 3.43. The molecule has 0 bridgehead atoms. The maximum atomic E-state index is 11.3. The Labute approximate surface area is 82.1 Å². The molecule has 0 fully saturated rings. The molecule has 1 unspecified atom stereocenters. The lowest BCUT2D eigenvalue weighted by molar-refractivity contribution is -0.121. The van der Waals surface area contributed by atoms with Crippen LogP contribution in [0.2, 0.25) is 0 Å². The highest BCUT2D eigenvalue weighted by Crippen LogP contribution is 2.02. The zero-order chi connectivity index (χ0) is 10.6. The van der Waals surface area contributed by atoms with Gasteiger partial charge >= 0.3 is 0 Å². The van der Waals surface area contributed by atoms with Crippen LogP contribution in [0.5, 0.6) is 0 Å². The molecule has 0 aliphatic rings. The van der Waals surface area contributed by atoms with Crippen molar-refractivity contribution in [3.8, 4) is 0 Å². The minimum atomic E-state index is -0.226. The SMILES string of the molecule is Cc1cc(CC(=O)NC(C)CO)no1. The van der Waals surface area contributed by atoms with Crippen molar-refractivity contribution in [2.45, 2.75) is 26.3 Å². The Morgan fingerprint density at radius 3 is 3.00 bits per heavy atom. The lowest BCUT2D eigenvalue weighted by atomic mass is 10.2. The molecule has 1 amide bonds. The summed E-state index contributed by atoms with van der Waals surface area (Å²) in [5.74, 6) is 0.517. The van der Waals surface area contributed by atoms with Crippen LogP contribution in [-0.4, -0.2) is 28.8 Å². The van der Waals surface area contributed by atoms with E-state index in [1.165, 1.54) is 0 Å². The van der Waals surface area contributed by atoms with Gasteiger partial charge in [-0.3, -0.25) is 4.79 Å². The number of carbonyl (C=O) groups is 1. The van der Waals surface area contributed by atoms with Gasteiger partial charge < -0.3 is 14.9 Å². The summed E-state index contributed by atoms with van der Waals surface area (Å²) < 4.78 is 4.82. The Balaban J connectivity index is 2.41. The summed E-state index contributed by atoms with van der Waals surface area (Å²) in [5.41, 5.74) is 0.602. The van der Waals surface area contributed by atoms with Crippen molar-refractivity contribution >= 4 is 5.91 Å². The summed E-state index contributed by atoms with van der Waals surface area (Å²) >= 11 is 0. The Kier molecular flexibility index (Phi) is 3.64. The maximum absolute atomic E-state index is 11.3. The van der Waals surface area contributed by atoms with Crippen molar-refractivity contribution < 1.29 is 14.4 Å². The number of nitrogens with zero attached hydrogens (tertiary/aromatic N) is 1. The van der Waals surface area contributed by atoms with Gasteiger partial charge in [0.15, 0.2) is 0 Å². The molecule has 0 aliphatic carbocycles. The van der Waals surface area contributed by atoms with Crippen LogP contribution < -0.4 is 5.32 Å². The molecular weight excluding hydrogens is 184 g/mol. The van der Waals surface area contributed by atoms with Crippen LogP contribution in [0.4, 0.5) is 0 Å². The van der Waals surface area contributed by atoms with Gasteiger partial charge in [0.2, 0.25) is 5.91 Å². The molecule has 2 N–H and O–H groups in total. The average molecular weight is 198 g/mol. The molecule has 0 radical (unpaired) electrons. The van der Waals surface area contributed by atoms with E-state index in [2.05, 4.69) is 10.5 Å². The molecule has 1 aromatic rings. The predicted octanol–water partition coefficient (Wildman–Crippen LogP) is 0.0225. The summed E-state index contributed by atoms with van der Waals surface area (Å²) in [4.78, 5) is 11.3. The van der Waals surface area contributed by atoms with Gasteiger partial charge in [-0.25, -0.2) is 0 Å². The maximum Gasteiger partial charge on any atom is 0.226 e. The van der Waals surface area contributed by atoms with E-state index < -0.39 is 0 Å². The monoisotopic (exact) mass is 198 g/mol. The first-order chi connectivity index (χ1) is 6.61. The minimum absolute atomic E-state index is 0.0659. The first kappa shape index (κ1) is 10.7. The molecule has 1 rings (SSSR count). The Hall–Kier alpha value is -1.36. The van der Waals surface area contributed by atoms with Crippen LogP contribution in [0, 0.1) is 6.92 Å². The number of aromatic nitrogens is 1. The number of carbonyl (C=O) groups excluding carboxylic acids is 1. The molecule has 0 aliphatic heterocycles. The lowest BCUT2D eigenvalue weighted by Crippen LogP contribution is -2.36. The highest BCUT2D eigenvalue weighted by atomic mass is 16.5. The van der Waals surface area contributed by atoms with Crippen LogP contribution >= 0.6 is 0 Å². The highest BCUT2D eigenvalue weighted by molar-refractivity contribution is 5.78. The second-order valence-electron chi connectivity index (χ2n) is 3.26. The fourth-order valence-electron chi connectivity index (χ4n) is 1.04. The Morgan fingerprint density at radius 2 is 2.50 bits per heavy atom. The Morgan fingerprint density at radius 1 is 1.79 bits per heavy atom. The van der Waals surface area contributed by atoms with Crippen molar-refractivity contribution in [2.24, 2.45) is 0 Å². The number of aliphatic hydroxyl groups is 1. The van der Waals surface area contributed by atoms with Gasteiger partial charge in [-0.15, -0.1) is 0 Å². The molecular formula is C9H14N2O3. The third-order valence-corrected chi connectivity index (χ3v) is 1.70. The van der Waals surface area contributed by atoms with Gasteiger partial charge in [0.1, 0.15) is 5.76 Å². The molecule has 78 valence electrons. The van der Waals surface area contributed by atoms with E-state index in [4.69, 9.17) is 9.63 Å². The van der Waals surface area contributed by atoms with E-state index in [0.29, 0.717) is 11.5 Å². The van der Waals surface area contributed by atoms with E-state index in [1.807, 2.05) is 0 Å². The molecule has 5 nitrogen and oxygen atoms in total. The minimum Gasteiger partial charge on any atom is -0.394 e. The van der Waals surface area contributed by atoms with E-state index in [1.54, 1.807) is 19.9 Å². The zero-order valence-corrected chi connectivity index (χ0v) is 8.28. The van der Waals surface area contributed by atoms with E-state index in [-0.39, 0.29) is 25.0 Å². The van der Waals surface area contributed by atoms with Crippen LogP contribution in [0.15, 0.2) is 10.6 Å². The first-order valence-corrected chi connectivity index (χ1v) is 4.44. The van der Waals surface area contributed by atoms with Crippen molar-refractivity contribution in [3.63, 3.8) is 0 Å². The number of amides is 1. The molecule has 0 spiro atoms. The van der Waals surface area contributed by atoms with Gasteiger partial charge in [0.25, 0.3) is 0 Å². The number of hydrogen-bond acceptors (Lipinski definition) is 4. The Bertz CT molecular complexity index is 309. The second kappa shape index (κ2) is 4.76. The van der Waals surface area contributed by atoms with E-state index in [9.17, 15) is 4.79 Å². The standard InChI is InChI=1S/C9H14N2O3/c1-6(5-12)10-9(13)4-8-3-7(2)14-11-8/h3,6,12H,4-5H2,1-2H3,(H,10,13). The van der Waals surface area contributed by atoms with Gasteiger partial charge in [-0.1, -0.05) is 5.16 Å². The van der Waals surface area contributed by atoms with Crippen LogP contribution in [-0.2, 0) is 11.2 Å². The number of hydrogen-bond donors (Lipinski definition) is 2. The van der Waals surface area contributed by atoms with Crippen molar-refractivity contribution in [2.75, 3.05) is 6.61 Å². The highest BCUT2D eigenvalue weighted by Gasteiger charge is 2.09. The largest absolute Gasteiger partial charge is 0.394 e. The quantitative estimate of drug-likeness (QED) is 0.715. The number of aryl methyl sites for hydroxylation is 1. The lowest BCUT2D eigenvalue weighted by Gasteiger charge is -2.09. The normalized spacial score (nSPS) is 12.5.